The molecule has 0 bridgehead atoms. The average Bonchev–Trinajstić information content (AvgIpc) is 3.35. The summed E-state index contributed by atoms with van der Waals surface area (Å²) in [5.74, 6) is 0.246. The van der Waals surface area contributed by atoms with Crippen molar-refractivity contribution in [3.63, 3.8) is 0 Å². The Morgan fingerprint density at radius 1 is 1.21 bits per heavy atom. The lowest BCUT2D eigenvalue weighted by atomic mass is 10.3. The van der Waals surface area contributed by atoms with Crippen LogP contribution in [0.2, 0.25) is 0 Å². The Hall–Kier alpha value is -2.83. The zero-order valence-corrected chi connectivity index (χ0v) is 16.8. The molecular weight excluding hydrogens is 416 g/mol. The second-order valence-corrected chi connectivity index (χ2v) is 8.16. The van der Waals surface area contributed by atoms with Crippen LogP contribution in [0.15, 0.2) is 63.0 Å². The fourth-order valence-corrected chi connectivity index (χ4v) is 4.24. The van der Waals surface area contributed by atoms with Crippen LogP contribution < -0.4 is 5.32 Å². The van der Waals surface area contributed by atoms with Crippen LogP contribution in [0, 0.1) is 6.92 Å². The molecule has 0 atom stereocenters. The van der Waals surface area contributed by atoms with Gasteiger partial charge in [0, 0.05) is 33.7 Å². The van der Waals surface area contributed by atoms with Crippen molar-refractivity contribution in [3.05, 3.63) is 54.5 Å². The van der Waals surface area contributed by atoms with Crippen LogP contribution in [0.5, 0.6) is 0 Å². The Morgan fingerprint density at radius 3 is 2.86 bits per heavy atom. The van der Waals surface area contributed by atoms with Crippen LogP contribution in [0.4, 0.5) is 5.13 Å². The number of carbonyl (C=O) groups excluding carboxylic acids is 1. The first-order valence-electron chi connectivity index (χ1n) is 7.91. The molecule has 12 heteroatoms. The number of carbonyl (C=O) groups is 1. The van der Waals surface area contributed by atoms with Crippen LogP contribution >= 0.6 is 35.1 Å². The normalized spacial score (nSPS) is 10.8. The second-order valence-electron chi connectivity index (χ2n) is 5.28. The number of aryl methyl sites for hydroxylation is 1. The minimum atomic E-state index is -0.359. The van der Waals surface area contributed by atoms with E-state index in [0.717, 1.165) is 16.4 Å². The van der Waals surface area contributed by atoms with Crippen LogP contribution in [0.3, 0.4) is 0 Å². The molecule has 4 rings (SSSR count). The molecule has 0 radical (unpaired) electrons. The SMILES string of the molecule is Cc1nsc(NC(=O)c2nc(Sc3ncn[nH]3)ccc2Sc2cccnc2)n1. The summed E-state index contributed by atoms with van der Waals surface area (Å²) in [7, 11) is 0. The van der Waals surface area contributed by atoms with Gasteiger partial charge in [0.1, 0.15) is 22.9 Å². The van der Waals surface area contributed by atoms with Gasteiger partial charge in [0.2, 0.25) is 5.13 Å². The highest BCUT2D eigenvalue weighted by molar-refractivity contribution is 7.99. The quantitative estimate of drug-likeness (QED) is 0.476. The number of anilines is 1. The van der Waals surface area contributed by atoms with Crippen molar-refractivity contribution in [1.29, 1.82) is 0 Å². The summed E-state index contributed by atoms with van der Waals surface area (Å²) in [6.45, 7) is 1.77. The van der Waals surface area contributed by atoms with Gasteiger partial charge in [0.25, 0.3) is 5.91 Å². The molecule has 2 N–H and O–H groups in total. The number of pyridine rings is 2. The third-order valence-corrected chi connectivity index (χ3v) is 5.83. The molecule has 0 fully saturated rings. The second kappa shape index (κ2) is 8.46. The molecule has 0 aliphatic rings. The molecule has 0 saturated carbocycles. The van der Waals surface area contributed by atoms with E-state index in [0.29, 0.717) is 26.0 Å². The van der Waals surface area contributed by atoms with E-state index >= 15 is 0 Å². The van der Waals surface area contributed by atoms with Gasteiger partial charge >= 0.3 is 0 Å². The van der Waals surface area contributed by atoms with Gasteiger partial charge in [-0.05, 0) is 43.0 Å². The number of nitrogens with zero attached hydrogens (tertiary/aromatic N) is 6. The molecule has 1 amide bonds. The van der Waals surface area contributed by atoms with Gasteiger partial charge < -0.3 is 0 Å². The third kappa shape index (κ3) is 4.52. The van der Waals surface area contributed by atoms with Gasteiger partial charge in [-0.3, -0.25) is 20.2 Å². The van der Waals surface area contributed by atoms with Gasteiger partial charge in [0.05, 0.1) is 0 Å². The van der Waals surface area contributed by atoms with Crippen molar-refractivity contribution < 1.29 is 4.79 Å². The Labute approximate surface area is 172 Å². The fourth-order valence-electron chi connectivity index (χ4n) is 2.11. The molecule has 4 heterocycles. The number of rotatable bonds is 6. The first kappa shape index (κ1) is 18.5. The van der Waals surface area contributed by atoms with Crippen molar-refractivity contribution in [2.45, 2.75) is 26.9 Å². The number of aromatic nitrogens is 7. The maximum atomic E-state index is 12.9. The maximum absolute atomic E-state index is 12.9. The highest BCUT2D eigenvalue weighted by Crippen LogP contribution is 2.32. The molecule has 4 aromatic heterocycles. The molecule has 0 aliphatic carbocycles. The number of amides is 1. The fraction of sp³-hybridized carbons (Fsp3) is 0.0625. The zero-order chi connectivity index (χ0) is 19.3. The lowest BCUT2D eigenvalue weighted by Gasteiger charge is -2.09. The van der Waals surface area contributed by atoms with Crippen LogP contribution in [0.25, 0.3) is 0 Å². The van der Waals surface area contributed by atoms with Crippen LogP contribution in [0.1, 0.15) is 16.3 Å². The van der Waals surface area contributed by atoms with Gasteiger partial charge in [-0.15, -0.1) is 0 Å². The summed E-state index contributed by atoms with van der Waals surface area (Å²) in [6, 6.07) is 7.44. The summed E-state index contributed by atoms with van der Waals surface area (Å²) in [5, 5.41) is 11.0. The largest absolute Gasteiger partial charge is 0.295 e. The van der Waals surface area contributed by atoms with E-state index in [1.165, 1.54) is 29.9 Å². The Kier molecular flexibility index (Phi) is 5.60. The summed E-state index contributed by atoms with van der Waals surface area (Å²) >= 11 is 3.82. The molecule has 28 heavy (non-hydrogen) atoms. The maximum Gasteiger partial charge on any atom is 0.277 e. The molecular formula is C16H12N8OS3. The van der Waals surface area contributed by atoms with Crippen LogP contribution in [-0.2, 0) is 0 Å². The minimum Gasteiger partial charge on any atom is -0.295 e. The highest BCUT2D eigenvalue weighted by Gasteiger charge is 2.18. The van der Waals surface area contributed by atoms with E-state index in [1.54, 1.807) is 19.3 Å². The summed E-state index contributed by atoms with van der Waals surface area (Å²) in [6.07, 6.45) is 4.85. The molecule has 0 unspecified atom stereocenters. The summed E-state index contributed by atoms with van der Waals surface area (Å²) in [5.41, 5.74) is 0.284. The smallest absolute Gasteiger partial charge is 0.277 e. The predicted octanol–water partition coefficient (Wildman–Crippen LogP) is 3.31. The topological polar surface area (TPSA) is 122 Å². The van der Waals surface area contributed by atoms with Gasteiger partial charge in [-0.25, -0.2) is 15.0 Å². The Bertz CT molecular complexity index is 1080. The van der Waals surface area contributed by atoms with E-state index in [9.17, 15) is 4.79 Å². The predicted molar refractivity (Wildman–Crippen MR) is 106 cm³/mol. The van der Waals surface area contributed by atoms with Crippen LogP contribution in [-0.4, -0.2) is 40.4 Å². The van der Waals surface area contributed by atoms with E-state index in [-0.39, 0.29) is 11.6 Å². The van der Waals surface area contributed by atoms with E-state index in [4.69, 9.17) is 0 Å². The van der Waals surface area contributed by atoms with E-state index in [2.05, 4.69) is 39.8 Å². The first-order chi connectivity index (χ1) is 13.7. The molecule has 140 valence electrons. The van der Waals surface area contributed by atoms with Crippen molar-refractivity contribution in [1.82, 2.24) is 34.5 Å². The number of aromatic amines is 1. The third-order valence-electron chi connectivity index (χ3n) is 3.25. The molecule has 4 aromatic rings. The van der Waals surface area contributed by atoms with Crippen molar-refractivity contribution in [2.24, 2.45) is 0 Å². The van der Waals surface area contributed by atoms with E-state index in [1.807, 2.05) is 24.3 Å². The van der Waals surface area contributed by atoms with Crippen molar-refractivity contribution in [2.75, 3.05) is 5.32 Å². The van der Waals surface area contributed by atoms with E-state index < -0.39 is 0 Å². The Morgan fingerprint density at radius 2 is 2.14 bits per heavy atom. The number of H-pyrrole nitrogens is 1. The average molecular weight is 429 g/mol. The standard InChI is InChI=1S/C16H12N8OS3/c1-9-20-16(28-24-9)22-14(25)13-11(26-10-3-2-6-17-7-10)4-5-12(21-13)27-15-18-8-19-23-15/h2-8H,1H3,(H,18,19,23)(H,20,22,24,25). The van der Waals surface area contributed by atoms with Gasteiger partial charge in [-0.1, -0.05) is 11.8 Å². The molecule has 0 aromatic carbocycles. The highest BCUT2D eigenvalue weighted by atomic mass is 32.2. The molecule has 0 saturated heterocycles. The molecule has 0 aliphatic heterocycles. The number of hydrogen-bond acceptors (Lipinski definition) is 10. The van der Waals surface area contributed by atoms with Crippen molar-refractivity contribution in [3.8, 4) is 0 Å². The lowest BCUT2D eigenvalue weighted by Crippen LogP contribution is -2.15. The summed E-state index contributed by atoms with van der Waals surface area (Å²) < 4.78 is 4.08. The first-order valence-corrected chi connectivity index (χ1v) is 10.3. The number of hydrogen-bond donors (Lipinski definition) is 2. The lowest BCUT2D eigenvalue weighted by molar-refractivity contribution is 0.101. The zero-order valence-electron chi connectivity index (χ0n) is 14.4. The number of nitrogens with one attached hydrogen (secondary N) is 2. The molecule has 0 spiro atoms. The monoisotopic (exact) mass is 428 g/mol. The van der Waals surface area contributed by atoms with Crippen molar-refractivity contribution >= 4 is 46.1 Å². The Balaban J connectivity index is 1.65. The van der Waals surface area contributed by atoms with Gasteiger partial charge in [-0.2, -0.15) is 9.47 Å². The summed E-state index contributed by atoms with van der Waals surface area (Å²) in [4.78, 5) is 31.4. The minimum absolute atomic E-state index is 0.284. The molecule has 9 nitrogen and oxygen atoms in total. The van der Waals surface area contributed by atoms with Gasteiger partial charge in [0.15, 0.2) is 5.16 Å².